The molecule has 1 nitrogen and oxygen atoms in total. The lowest BCUT2D eigenvalue weighted by molar-refractivity contribution is -0.245. The molecule has 1 N–H and O–H groups in total. The van der Waals surface area contributed by atoms with Gasteiger partial charge in [-0.05, 0) is 12.1 Å². The maximum atomic E-state index is 12.6. The van der Waals surface area contributed by atoms with Crippen molar-refractivity contribution in [2.75, 3.05) is 0 Å². The minimum Gasteiger partial charge on any atom is -0.373 e. The molecule has 0 aliphatic rings. The van der Waals surface area contributed by atoms with E-state index < -0.39 is 11.8 Å². The van der Waals surface area contributed by atoms with Crippen LogP contribution in [0.15, 0.2) is 41.4 Å². The molecule has 1 rings (SSSR count). The Hall–Kier alpha value is -0.810. The number of alkyl halides is 3. The largest absolute Gasteiger partial charge is 0.425 e. The zero-order valence-corrected chi connectivity index (χ0v) is 9.14. The number of aliphatic hydroxyl groups is 1. The van der Waals surface area contributed by atoms with Gasteiger partial charge in [-0.1, -0.05) is 40.7 Å². The average Bonchev–Trinajstić information content (AvgIpc) is 2.15. The molecule has 1 atom stereocenters. The molecule has 0 heterocycles. The van der Waals surface area contributed by atoms with Gasteiger partial charge in [-0.25, -0.2) is 0 Å². The van der Waals surface area contributed by atoms with Crippen molar-refractivity contribution in [2.24, 2.45) is 0 Å². The molecule has 1 aromatic rings. The third-order valence-corrected chi connectivity index (χ3v) is 2.70. The van der Waals surface area contributed by atoms with Gasteiger partial charge in [0.25, 0.3) is 0 Å². The highest BCUT2D eigenvalue weighted by atomic mass is 79.9. The van der Waals surface area contributed by atoms with Gasteiger partial charge in [-0.2, -0.15) is 13.2 Å². The third-order valence-electron chi connectivity index (χ3n) is 2.01. The summed E-state index contributed by atoms with van der Waals surface area (Å²) in [5, 5.41) is 9.54. The van der Waals surface area contributed by atoms with E-state index in [1.165, 1.54) is 18.2 Å². The quantitative estimate of drug-likeness (QED) is 0.824. The number of hydrogen-bond donors (Lipinski definition) is 1. The second-order valence-corrected chi connectivity index (χ2v) is 3.80. The Morgan fingerprint density at radius 2 is 1.80 bits per heavy atom. The summed E-state index contributed by atoms with van der Waals surface area (Å²) >= 11 is 2.96. The predicted molar refractivity (Wildman–Crippen MR) is 54.3 cm³/mol. The Labute approximate surface area is 93.4 Å². The van der Waals surface area contributed by atoms with Crippen LogP contribution in [-0.2, 0) is 5.60 Å². The van der Waals surface area contributed by atoms with Gasteiger partial charge in [0.1, 0.15) is 0 Å². The van der Waals surface area contributed by atoms with E-state index in [-0.39, 0.29) is 10.0 Å². The minimum atomic E-state index is -4.79. The standard InChI is InChI=1S/C10H8BrF3O/c1-2-9(15,10(12,13)14)7-5-3-4-6-8(7)11/h2-6,15H,1H2. The minimum absolute atomic E-state index is 0.185. The topological polar surface area (TPSA) is 20.2 Å². The predicted octanol–water partition coefficient (Wildman–Crippen LogP) is 3.39. The monoisotopic (exact) mass is 280 g/mol. The lowest BCUT2D eigenvalue weighted by Gasteiger charge is -2.28. The van der Waals surface area contributed by atoms with Crippen molar-refractivity contribution in [1.29, 1.82) is 0 Å². The molecule has 0 bridgehead atoms. The Kier molecular flexibility index (Phi) is 3.25. The van der Waals surface area contributed by atoms with Crippen molar-refractivity contribution < 1.29 is 18.3 Å². The van der Waals surface area contributed by atoms with E-state index in [2.05, 4.69) is 22.5 Å². The first-order valence-corrected chi connectivity index (χ1v) is 4.80. The molecule has 0 radical (unpaired) electrons. The van der Waals surface area contributed by atoms with Crippen LogP contribution in [0.3, 0.4) is 0 Å². The second-order valence-electron chi connectivity index (χ2n) is 2.95. The summed E-state index contributed by atoms with van der Waals surface area (Å²) in [6, 6.07) is 5.60. The van der Waals surface area contributed by atoms with Crippen LogP contribution in [0.1, 0.15) is 5.56 Å². The summed E-state index contributed by atoms with van der Waals surface area (Å²) in [6.45, 7) is 3.03. The third kappa shape index (κ3) is 2.08. The summed E-state index contributed by atoms with van der Waals surface area (Å²) in [4.78, 5) is 0. The zero-order valence-electron chi connectivity index (χ0n) is 7.55. The second kappa shape index (κ2) is 3.98. The molecule has 5 heteroatoms. The van der Waals surface area contributed by atoms with Crippen molar-refractivity contribution in [3.63, 3.8) is 0 Å². The van der Waals surface area contributed by atoms with Crippen LogP contribution in [0.4, 0.5) is 13.2 Å². The molecule has 0 spiro atoms. The van der Waals surface area contributed by atoms with E-state index in [0.29, 0.717) is 6.08 Å². The van der Waals surface area contributed by atoms with E-state index in [1.54, 1.807) is 6.07 Å². The van der Waals surface area contributed by atoms with Crippen molar-refractivity contribution in [1.82, 2.24) is 0 Å². The van der Waals surface area contributed by atoms with Crippen LogP contribution in [-0.4, -0.2) is 11.3 Å². The molecule has 82 valence electrons. The number of rotatable bonds is 2. The molecule has 1 aromatic carbocycles. The summed E-state index contributed by atoms with van der Waals surface area (Å²) in [7, 11) is 0. The number of halogens is 4. The van der Waals surface area contributed by atoms with Crippen LogP contribution in [0.25, 0.3) is 0 Å². The fourth-order valence-electron chi connectivity index (χ4n) is 1.15. The van der Waals surface area contributed by atoms with Crippen LogP contribution in [0, 0.1) is 0 Å². The molecule has 0 saturated carbocycles. The highest BCUT2D eigenvalue weighted by molar-refractivity contribution is 9.10. The molecule has 0 fully saturated rings. The smallest absolute Gasteiger partial charge is 0.373 e. The normalized spacial score (nSPS) is 15.8. The van der Waals surface area contributed by atoms with Crippen LogP contribution >= 0.6 is 15.9 Å². The SMILES string of the molecule is C=CC(O)(c1ccccc1Br)C(F)(F)F. The maximum absolute atomic E-state index is 12.6. The average molecular weight is 281 g/mol. The number of benzene rings is 1. The maximum Gasteiger partial charge on any atom is 0.425 e. The van der Waals surface area contributed by atoms with Crippen molar-refractivity contribution in [3.05, 3.63) is 47.0 Å². The van der Waals surface area contributed by atoms with Gasteiger partial charge in [0.05, 0.1) is 0 Å². The molecular weight excluding hydrogens is 273 g/mol. The van der Waals surface area contributed by atoms with Gasteiger partial charge < -0.3 is 5.11 Å². The summed E-state index contributed by atoms with van der Waals surface area (Å²) < 4.78 is 38.1. The van der Waals surface area contributed by atoms with E-state index in [0.717, 1.165) is 0 Å². The van der Waals surface area contributed by atoms with Crippen molar-refractivity contribution in [2.45, 2.75) is 11.8 Å². The van der Waals surface area contributed by atoms with Gasteiger partial charge in [-0.3, -0.25) is 0 Å². The van der Waals surface area contributed by atoms with E-state index in [4.69, 9.17) is 0 Å². The summed E-state index contributed by atoms with van der Waals surface area (Å²) in [6.07, 6.45) is -4.31. The van der Waals surface area contributed by atoms with Crippen LogP contribution in [0.5, 0.6) is 0 Å². The first kappa shape index (κ1) is 12.3. The Morgan fingerprint density at radius 3 is 2.20 bits per heavy atom. The first-order chi connectivity index (χ1) is 6.83. The lowest BCUT2D eigenvalue weighted by Crippen LogP contribution is -2.40. The fraction of sp³-hybridized carbons (Fsp3) is 0.200. The van der Waals surface area contributed by atoms with Gasteiger partial charge in [0, 0.05) is 10.0 Å². The molecule has 1 unspecified atom stereocenters. The lowest BCUT2D eigenvalue weighted by atomic mass is 9.93. The van der Waals surface area contributed by atoms with Crippen molar-refractivity contribution >= 4 is 15.9 Å². The van der Waals surface area contributed by atoms with Crippen LogP contribution in [0.2, 0.25) is 0 Å². The zero-order chi connectivity index (χ0) is 11.7. The summed E-state index contributed by atoms with van der Waals surface area (Å²) in [5.41, 5.74) is -3.29. The molecule has 0 aliphatic carbocycles. The Morgan fingerprint density at radius 1 is 1.27 bits per heavy atom. The summed E-state index contributed by atoms with van der Waals surface area (Å²) in [5.74, 6) is 0. The van der Waals surface area contributed by atoms with Crippen LogP contribution < -0.4 is 0 Å². The molecular formula is C10H8BrF3O. The van der Waals surface area contributed by atoms with E-state index in [9.17, 15) is 18.3 Å². The highest BCUT2D eigenvalue weighted by Gasteiger charge is 2.53. The molecule has 0 saturated heterocycles. The van der Waals surface area contributed by atoms with Gasteiger partial charge in [0.15, 0.2) is 0 Å². The van der Waals surface area contributed by atoms with Gasteiger partial charge >= 0.3 is 6.18 Å². The van der Waals surface area contributed by atoms with E-state index >= 15 is 0 Å². The Bertz CT molecular complexity index is 375. The van der Waals surface area contributed by atoms with E-state index in [1.807, 2.05) is 0 Å². The number of hydrogen-bond acceptors (Lipinski definition) is 1. The molecule has 0 amide bonds. The first-order valence-electron chi connectivity index (χ1n) is 4.00. The van der Waals surface area contributed by atoms with Crippen molar-refractivity contribution in [3.8, 4) is 0 Å². The highest BCUT2D eigenvalue weighted by Crippen LogP contribution is 2.42. The molecule has 15 heavy (non-hydrogen) atoms. The molecule has 0 aromatic heterocycles. The fourth-order valence-corrected chi connectivity index (χ4v) is 1.74. The Balaban J connectivity index is 3.37. The molecule has 0 aliphatic heterocycles. The van der Waals surface area contributed by atoms with Gasteiger partial charge in [0.2, 0.25) is 5.60 Å². The van der Waals surface area contributed by atoms with Gasteiger partial charge in [-0.15, -0.1) is 0 Å².